The second-order valence-corrected chi connectivity index (χ2v) is 6.84. The highest BCUT2D eigenvalue weighted by atomic mass is 32.1. The molecule has 0 aliphatic carbocycles. The summed E-state index contributed by atoms with van der Waals surface area (Å²) in [4.78, 5) is 27.5. The van der Waals surface area contributed by atoms with Gasteiger partial charge in [-0.25, -0.2) is 0 Å². The topological polar surface area (TPSA) is 71.7 Å². The van der Waals surface area contributed by atoms with Gasteiger partial charge in [-0.2, -0.15) is 18.2 Å². The van der Waals surface area contributed by atoms with Crippen molar-refractivity contribution in [1.29, 1.82) is 0 Å². The van der Waals surface area contributed by atoms with Gasteiger partial charge in [-0.1, -0.05) is 29.0 Å². The lowest BCUT2D eigenvalue weighted by atomic mass is 10.1. The Kier molecular flexibility index (Phi) is 4.88. The van der Waals surface area contributed by atoms with Crippen LogP contribution in [0.3, 0.4) is 0 Å². The Balaban J connectivity index is 2.16. The molecular formula is C18H13F3N2O3S. The molecule has 5 nitrogen and oxygen atoms in total. The molecule has 3 rings (SSSR count). The van der Waals surface area contributed by atoms with Crippen LogP contribution in [0.25, 0.3) is 10.2 Å². The number of carbonyl (C=O) groups is 2. The van der Waals surface area contributed by atoms with E-state index in [9.17, 15) is 22.8 Å². The Hall–Kier alpha value is -2.94. The zero-order chi connectivity index (χ0) is 19.8. The van der Waals surface area contributed by atoms with Gasteiger partial charge in [0.2, 0.25) is 0 Å². The summed E-state index contributed by atoms with van der Waals surface area (Å²) in [5, 5.41) is 9.11. The van der Waals surface area contributed by atoms with Gasteiger partial charge in [-0.05, 0) is 37.3 Å². The lowest BCUT2D eigenvalue weighted by Crippen LogP contribution is -2.21. The van der Waals surface area contributed by atoms with Crippen molar-refractivity contribution in [3.63, 3.8) is 0 Å². The van der Waals surface area contributed by atoms with Crippen molar-refractivity contribution in [1.82, 2.24) is 4.57 Å². The van der Waals surface area contributed by atoms with Crippen LogP contribution in [0.4, 0.5) is 13.2 Å². The molecule has 0 saturated heterocycles. The van der Waals surface area contributed by atoms with E-state index in [2.05, 4.69) is 4.99 Å². The number of carboxylic acid groups (broad SMARTS) is 1. The average Bonchev–Trinajstić information content (AvgIpc) is 2.90. The van der Waals surface area contributed by atoms with Gasteiger partial charge in [0, 0.05) is 5.56 Å². The Morgan fingerprint density at radius 2 is 1.81 bits per heavy atom. The molecule has 1 amide bonds. The highest BCUT2D eigenvalue weighted by Gasteiger charge is 2.31. The van der Waals surface area contributed by atoms with Crippen LogP contribution in [0.5, 0.6) is 0 Å². The molecule has 27 heavy (non-hydrogen) atoms. The quantitative estimate of drug-likeness (QED) is 0.733. The van der Waals surface area contributed by atoms with Gasteiger partial charge in [0.15, 0.2) is 4.80 Å². The second kappa shape index (κ2) is 6.99. The Labute approximate surface area is 155 Å². The van der Waals surface area contributed by atoms with Gasteiger partial charge in [-0.3, -0.25) is 9.59 Å². The number of thiazole rings is 1. The molecular weight excluding hydrogens is 381 g/mol. The predicted octanol–water partition coefficient (Wildman–Crippen LogP) is 3.86. The minimum Gasteiger partial charge on any atom is -0.480 e. The normalized spacial score (nSPS) is 12.5. The fourth-order valence-corrected chi connectivity index (χ4v) is 3.54. The molecule has 0 radical (unpaired) electrons. The maximum absolute atomic E-state index is 12.9. The van der Waals surface area contributed by atoms with Gasteiger partial charge < -0.3 is 9.67 Å². The summed E-state index contributed by atoms with van der Waals surface area (Å²) in [6, 6.07) is 9.61. The number of alkyl halides is 3. The van der Waals surface area contributed by atoms with Crippen molar-refractivity contribution >= 4 is 33.4 Å². The number of benzene rings is 2. The molecule has 9 heteroatoms. The van der Waals surface area contributed by atoms with E-state index in [0.29, 0.717) is 5.56 Å². The molecule has 1 N–H and O–H groups in total. The van der Waals surface area contributed by atoms with Crippen LogP contribution < -0.4 is 4.80 Å². The Morgan fingerprint density at radius 1 is 1.15 bits per heavy atom. The molecule has 0 fully saturated rings. The zero-order valence-electron chi connectivity index (χ0n) is 13.9. The third-order valence-corrected chi connectivity index (χ3v) is 4.84. The molecule has 0 saturated carbocycles. The number of nitrogens with zero attached hydrogens (tertiary/aromatic N) is 2. The van der Waals surface area contributed by atoms with Crippen molar-refractivity contribution in [2.75, 3.05) is 0 Å². The predicted molar refractivity (Wildman–Crippen MR) is 93.5 cm³/mol. The summed E-state index contributed by atoms with van der Waals surface area (Å²) < 4.78 is 40.2. The first kappa shape index (κ1) is 18.8. The van der Waals surface area contributed by atoms with Crippen LogP contribution in [-0.4, -0.2) is 21.6 Å². The van der Waals surface area contributed by atoms with Gasteiger partial charge in [0.05, 0.1) is 15.8 Å². The smallest absolute Gasteiger partial charge is 0.416 e. The van der Waals surface area contributed by atoms with Crippen molar-refractivity contribution in [2.24, 2.45) is 4.99 Å². The number of aliphatic carboxylic acids is 1. The standard InChI is InChI=1S/C18H13F3N2O3S/c1-10-2-4-11(5-3-10)16(26)22-17-23(9-15(24)25)13-7-6-12(18(19,20)21)8-14(13)27-17/h2-8H,9H2,1H3,(H,24,25). The molecule has 0 aliphatic rings. The average molecular weight is 394 g/mol. The SMILES string of the molecule is Cc1ccc(C(=O)N=c2sc3cc(C(F)(F)F)ccc3n2CC(=O)O)cc1. The first-order valence-electron chi connectivity index (χ1n) is 7.73. The molecule has 140 valence electrons. The number of carboxylic acids is 1. The summed E-state index contributed by atoms with van der Waals surface area (Å²) in [7, 11) is 0. The minimum atomic E-state index is -4.52. The van der Waals surface area contributed by atoms with Gasteiger partial charge in [0.25, 0.3) is 5.91 Å². The molecule has 3 aromatic rings. The lowest BCUT2D eigenvalue weighted by molar-refractivity contribution is -0.138. The first-order valence-corrected chi connectivity index (χ1v) is 8.55. The Bertz CT molecular complexity index is 1100. The van der Waals surface area contributed by atoms with Crippen LogP contribution in [0.1, 0.15) is 21.5 Å². The number of rotatable bonds is 3. The highest BCUT2D eigenvalue weighted by Crippen LogP contribution is 2.32. The van der Waals surface area contributed by atoms with Gasteiger partial charge in [0.1, 0.15) is 6.54 Å². The van der Waals surface area contributed by atoms with Crippen molar-refractivity contribution < 1.29 is 27.9 Å². The summed E-state index contributed by atoms with van der Waals surface area (Å²) >= 11 is 0.834. The third-order valence-electron chi connectivity index (χ3n) is 3.80. The van der Waals surface area contributed by atoms with Gasteiger partial charge in [-0.15, -0.1) is 0 Å². The van der Waals surface area contributed by atoms with E-state index in [0.717, 1.165) is 29.0 Å². The number of halogens is 3. The number of aryl methyl sites for hydroxylation is 1. The van der Waals surface area contributed by atoms with E-state index in [1.807, 2.05) is 6.92 Å². The number of amides is 1. The fraction of sp³-hybridized carbons (Fsp3) is 0.167. The summed E-state index contributed by atoms with van der Waals surface area (Å²) in [5.74, 6) is -1.80. The molecule has 0 bridgehead atoms. The molecule has 0 spiro atoms. The Morgan fingerprint density at radius 3 is 2.41 bits per heavy atom. The molecule has 2 aromatic carbocycles. The van der Waals surface area contributed by atoms with Gasteiger partial charge >= 0.3 is 12.1 Å². The van der Waals surface area contributed by atoms with Crippen LogP contribution in [0.2, 0.25) is 0 Å². The number of hydrogen-bond acceptors (Lipinski definition) is 3. The minimum absolute atomic E-state index is 0.0253. The van der Waals surface area contributed by atoms with Crippen LogP contribution in [0.15, 0.2) is 47.5 Å². The van der Waals surface area contributed by atoms with E-state index in [4.69, 9.17) is 5.11 Å². The summed E-state index contributed by atoms with van der Waals surface area (Å²) in [6.07, 6.45) is -4.52. The molecule has 1 aromatic heterocycles. The molecule has 0 unspecified atom stereocenters. The van der Waals surface area contributed by atoms with E-state index in [-0.39, 0.29) is 15.0 Å². The monoisotopic (exact) mass is 394 g/mol. The highest BCUT2D eigenvalue weighted by molar-refractivity contribution is 7.16. The second-order valence-electron chi connectivity index (χ2n) is 5.83. The van der Waals surface area contributed by atoms with E-state index >= 15 is 0 Å². The summed E-state index contributed by atoms with van der Waals surface area (Å²) in [6.45, 7) is 1.34. The van der Waals surface area contributed by atoms with Crippen LogP contribution in [0, 0.1) is 6.92 Å². The van der Waals surface area contributed by atoms with Crippen LogP contribution >= 0.6 is 11.3 Å². The number of fused-ring (bicyclic) bond motifs is 1. The maximum atomic E-state index is 12.9. The number of hydrogen-bond donors (Lipinski definition) is 1. The third kappa shape index (κ3) is 4.08. The van der Waals surface area contributed by atoms with Crippen molar-refractivity contribution in [2.45, 2.75) is 19.6 Å². The van der Waals surface area contributed by atoms with Crippen LogP contribution in [-0.2, 0) is 17.5 Å². The lowest BCUT2D eigenvalue weighted by Gasteiger charge is -2.06. The first-order chi connectivity index (χ1) is 12.6. The summed E-state index contributed by atoms with van der Waals surface area (Å²) in [5.41, 5.74) is 0.672. The van der Waals surface area contributed by atoms with E-state index in [1.165, 1.54) is 10.6 Å². The molecule has 1 heterocycles. The largest absolute Gasteiger partial charge is 0.480 e. The van der Waals surface area contributed by atoms with E-state index in [1.54, 1.807) is 24.3 Å². The molecule has 0 atom stereocenters. The number of carbonyl (C=O) groups excluding carboxylic acids is 1. The van der Waals surface area contributed by atoms with Crippen molar-refractivity contribution in [3.8, 4) is 0 Å². The fourth-order valence-electron chi connectivity index (χ4n) is 2.47. The maximum Gasteiger partial charge on any atom is 0.416 e. The van der Waals surface area contributed by atoms with E-state index < -0.39 is 30.2 Å². The van der Waals surface area contributed by atoms with Crippen molar-refractivity contribution in [3.05, 3.63) is 64.0 Å². The molecule has 0 aliphatic heterocycles. The number of aromatic nitrogens is 1. The zero-order valence-corrected chi connectivity index (χ0v) is 14.8.